The molecular formula is C17H11FN4OS. The summed E-state index contributed by atoms with van der Waals surface area (Å²) in [5, 5.41) is 0.917. The topological polar surface area (TPSA) is 60.8 Å². The van der Waals surface area contributed by atoms with E-state index in [0.29, 0.717) is 5.56 Å². The van der Waals surface area contributed by atoms with E-state index in [-0.39, 0.29) is 5.88 Å². The quantitative estimate of drug-likeness (QED) is 0.566. The van der Waals surface area contributed by atoms with Gasteiger partial charge in [0.2, 0.25) is 5.88 Å². The van der Waals surface area contributed by atoms with Gasteiger partial charge in [-0.3, -0.25) is 4.98 Å². The summed E-state index contributed by atoms with van der Waals surface area (Å²) in [6, 6.07) is 7.16. The Hall–Kier alpha value is -2.93. The Morgan fingerprint density at radius 1 is 1.04 bits per heavy atom. The van der Waals surface area contributed by atoms with Crippen LogP contribution in [0, 0.1) is 5.82 Å². The van der Waals surface area contributed by atoms with Gasteiger partial charge < -0.3 is 4.74 Å². The van der Waals surface area contributed by atoms with Crippen LogP contribution in [0.5, 0.6) is 5.88 Å². The number of thiophene rings is 1. The summed E-state index contributed by atoms with van der Waals surface area (Å²) >= 11 is 1.47. The molecule has 0 spiro atoms. The first-order valence-electron chi connectivity index (χ1n) is 7.11. The highest BCUT2D eigenvalue weighted by Gasteiger charge is 2.13. The van der Waals surface area contributed by atoms with Gasteiger partial charge in [-0.15, -0.1) is 11.3 Å². The number of aromatic nitrogens is 4. The van der Waals surface area contributed by atoms with Crippen LogP contribution in [0.4, 0.5) is 4.39 Å². The second-order valence-corrected chi connectivity index (χ2v) is 6.03. The minimum Gasteiger partial charge on any atom is -0.479 e. The molecule has 0 aromatic carbocycles. The SMILES string of the molecule is COc1ncc(-c2cc3c(-c4ccncc4)ncnc3s2)cc1F. The number of pyridine rings is 2. The molecule has 4 aromatic heterocycles. The molecule has 4 heterocycles. The number of methoxy groups -OCH3 is 1. The number of fused-ring (bicyclic) bond motifs is 1. The van der Waals surface area contributed by atoms with Gasteiger partial charge in [-0.2, -0.15) is 0 Å². The number of rotatable bonds is 3. The molecule has 5 nitrogen and oxygen atoms in total. The summed E-state index contributed by atoms with van der Waals surface area (Å²) in [6.45, 7) is 0. The van der Waals surface area contributed by atoms with Gasteiger partial charge in [-0.05, 0) is 24.3 Å². The fourth-order valence-corrected chi connectivity index (χ4v) is 3.43. The first-order chi connectivity index (χ1) is 11.8. The molecular weight excluding hydrogens is 327 g/mol. The summed E-state index contributed by atoms with van der Waals surface area (Å²) in [5.74, 6) is -0.509. The summed E-state index contributed by atoms with van der Waals surface area (Å²) in [7, 11) is 1.39. The molecule has 0 aliphatic carbocycles. The van der Waals surface area contributed by atoms with Gasteiger partial charge in [0.25, 0.3) is 0 Å². The number of halogens is 1. The number of hydrogen-bond acceptors (Lipinski definition) is 6. The second kappa shape index (κ2) is 5.93. The molecule has 0 saturated carbocycles. The Morgan fingerprint density at radius 3 is 2.62 bits per heavy atom. The van der Waals surface area contributed by atoms with Crippen molar-refractivity contribution in [2.45, 2.75) is 0 Å². The normalized spacial score (nSPS) is 10.9. The van der Waals surface area contributed by atoms with Gasteiger partial charge >= 0.3 is 0 Å². The van der Waals surface area contributed by atoms with Crippen LogP contribution in [0.15, 0.2) is 49.2 Å². The predicted molar refractivity (Wildman–Crippen MR) is 90.4 cm³/mol. The Labute approximate surface area is 140 Å². The van der Waals surface area contributed by atoms with E-state index in [1.165, 1.54) is 30.8 Å². The molecule has 0 bridgehead atoms. The van der Waals surface area contributed by atoms with E-state index in [9.17, 15) is 4.39 Å². The lowest BCUT2D eigenvalue weighted by molar-refractivity contribution is 0.369. The molecule has 0 unspecified atom stereocenters. The average Bonchev–Trinajstić information content (AvgIpc) is 3.06. The molecule has 0 aliphatic heterocycles. The average molecular weight is 338 g/mol. The maximum absolute atomic E-state index is 13.9. The molecule has 0 N–H and O–H groups in total. The van der Waals surface area contributed by atoms with E-state index in [4.69, 9.17) is 4.74 Å². The third-order valence-electron chi connectivity index (χ3n) is 3.57. The maximum atomic E-state index is 13.9. The van der Waals surface area contributed by atoms with Crippen LogP contribution in [-0.2, 0) is 0 Å². The molecule has 7 heteroatoms. The molecule has 0 saturated heterocycles. The van der Waals surface area contributed by atoms with Crippen molar-refractivity contribution in [3.63, 3.8) is 0 Å². The van der Waals surface area contributed by atoms with E-state index in [1.54, 1.807) is 18.6 Å². The third-order valence-corrected chi connectivity index (χ3v) is 4.66. The van der Waals surface area contributed by atoms with Crippen LogP contribution in [0.1, 0.15) is 0 Å². The number of ether oxygens (including phenoxy) is 1. The van der Waals surface area contributed by atoms with Crippen molar-refractivity contribution < 1.29 is 9.13 Å². The number of hydrogen-bond donors (Lipinski definition) is 0. The Bertz CT molecular complexity index is 1020. The van der Waals surface area contributed by atoms with Crippen molar-refractivity contribution in [2.24, 2.45) is 0 Å². The fourth-order valence-electron chi connectivity index (χ4n) is 2.45. The molecule has 0 aliphatic rings. The minimum atomic E-state index is -0.493. The highest BCUT2D eigenvalue weighted by molar-refractivity contribution is 7.21. The van der Waals surface area contributed by atoms with E-state index in [2.05, 4.69) is 19.9 Å². The Balaban J connectivity index is 1.86. The zero-order valence-corrected chi connectivity index (χ0v) is 13.4. The van der Waals surface area contributed by atoms with Crippen molar-refractivity contribution in [3.8, 4) is 27.6 Å². The zero-order chi connectivity index (χ0) is 16.5. The first-order valence-corrected chi connectivity index (χ1v) is 7.93. The molecule has 0 atom stereocenters. The lowest BCUT2D eigenvalue weighted by Gasteiger charge is -2.02. The molecule has 0 fully saturated rings. The van der Waals surface area contributed by atoms with Gasteiger partial charge in [0.15, 0.2) is 5.82 Å². The number of nitrogens with zero attached hydrogens (tertiary/aromatic N) is 4. The lowest BCUT2D eigenvalue weighted by Crippen LogP contribution is -1.91. The first kappa shape index (κ1) is 14.6. The van der Waals surface area contributed by atoms with E-state index in [1.807, 2.05) is 18.2 Å². The largest absolute Gasteiger partial charge is 0.479 e. The van der Waals surface area contributed by atoms with E-state index in [0.717, 1.165) is 26.4 Å². The van der Waals surface area contributed by atoms with Crippen LogP contribution >= 0.6 is 11.3 Å². The van der Waals surface area contributed by atoms with Crippen LogP contribution in [-0.4, -0.2) is 27.0 Å². The van der Waals surface area contributed by atoms with Crippen LogP contribution in [0.2, 0.25) is 0 Å². The van der Waals surface area contributed by atoms with Crippen molar-refractivity contribution in [1.29, 1.82) is 0 Å². The van der Waals surface area contributed by atoms with Gasteiger partial charge in [0.05, 0.1) is 12.8 Å². The van der Waals surface area contributed by atoms with Crippen LogP contribution < -0.4 is 4.74 Å². The second-order valence-electron chi connectivity index (χ2n) is 5.00. The van der Waals surface area contributed by atoms with Crippen LogP contribution in [0.25, 0.3) is 31.9 Å². The Morgan fingerprint density at radius 2 is 1.88 bits per heavy atom. The highest BCUT2D eigenvalue weighted by atomic mass is 32.1. The van der Waals surface area contributed by atoms with Gasteiger partial charge in [-0.25, -0.2) is 19.3 Å². The lowest BCUT2D eigenvalue weighted by atomic mass is 10.1. The zero-order valence-electron chi connectivity index (χ0n) is 12.6. The fraction of sp³-hybridized carbons (Fsp3) is 0.0588. The molecule has 0 amide bonds. The smallest absolute Gasteiger partial charge is 0.250 e. The molecule has 24 heavy (non-hydrogen) atoms. The van der Waals surface area contributed by atoms with Crippen molar-refractivity contribution in [3.05, 3.63) is 55.0 Å². The van der Waals surface area contributed by atoms with Crippen molar-refractivity contribution in [1.82, 2.24) is 19.9 Å². The summed E-state index contributed by atoms with van der Waals surface area (Å²) < 4.78 is 18.8. The van der Waals surface area contributed by atoms with Crippen molar-refractivity contribution >= 4 is 21.6 Å². The molecule has 4 aromatic rings. The molecule has 4 rings (SSSR count). The highest BCUT2D eigenvalue weighted by Crippen LogP contribution is 2.36. The minimum absolute atomic E-state index is 0.0165. The summed E-state index contributed by atoms with van der Waals surface area (Å²) in [4.78, 5) is 18.4. The predicted octanol–water partition coefficient (Wildman–Crippen LogP) is 3.96. The van der Waals surface area contributed by atoms with Gasteiger partial charge in [-0.1, -0.05) is 0 Å². The summed E-state index contributed by atoms with van der Waals surface area (Å²) in [6.07, 6.45) is 6.57. The molecule has 0 radical (unpaired) electrons. The van der Waals surface area contributed by atoms with Crippen LogP contribution in [0.3, 0.4) is 0 Å². The third kappa shape index (κ3) is 2.48. The standard InChI is InChI=1S/C17H11FN4OS/c1-23-16-13(18)6-11(8-20-16)14-7-12-15(10-2-4-19-5-3-10)21-9-22-17(12)24-14/h2-9H,1H3. The maximum Gasteiger partial charge on any atom is 0.250 e. The van der Waals surface area contributed by atoms with Gasteiger partial charge in [0, 0.05) is 40.0 Å². The summed E-state index contributed by atoms with van der Waals surface area (Å²) in [5.41, 5.74) is 2.46. The molecule has 118 valence electrons. The van der Waals surface area contributed by atoms with Gasteiger partial charge in [0.1, 0.15) is 11.2 Å². The van der Waals surface area contributed by atoms with E-state index < -0.39 is 5.82 Å². The van der Waals surface area contributed by atoms with E-state index >= 15 is 0 Å². The van der Waals surface area contributed by atoms with Crippen molar-refractivity contribution in [2.75, 3.05) is 7.11 Å². The monoisotopic (exact) mass is 338 g/mol. The Kier molecular flexibility index (Phi) is 3.62.